The second-order valence-corrected chi connectivity index (χ2v) is 6.31. The summed E-state index contributed by atoms with van der Waals surface area (Å²) in [5, 5.41) is 8.52. The second-order valence-electron chi connectivity index (χ2n) is 6.31. The fourth-order valence-electron chi connectivity index (χ4n) is 3.48. The summed E-state index contributed by atoms with van der Waals surface area (Å²) >= 11 is 0. The zero-order valence-corrected chi connectivity index (χ0v) is 15.0. The van der Waals surface area contributed by atoms with Crippen molar-refractivity contribution in [3.05, 3.63) is 52.8 Å². The Morgan fingerprint density at radius 3 is 2.62 bits per heavy atom. The van der Waals surface area contributed by atoms with Crippen LogP contribution in [0.15, 0.2) is 30.5 Å². The van der Waals surface area contributed by atoms with Gasteiger partial charge < -0.3 is 14.4 Å². The van der Waals surface area contributed by atoms with E-state index in [1.807, 2.05) is 36.1 Å². The number of methoxy groups -OCH3 is 2. The van der Waals surface area contributed by atoms with Gasteiger partial charge in [-0.05, 0) is 48.7 Å². The molecule has 0 atom stereocenters. The van der Waals surface area contributed by atoms with E-state index in [1.54, 1.807) is 20.4 Å². The number of amides is 1. The molecule has 0 N–H and O–H groups in total. The maximum Gasteiger partial charge on any atom is 0.258 e. The van der Waals surface area contributed by atoms with Crippen LogP contribution in [-0.2, 0) is 13.0 Å². The largest absolute Gasteiger partial charge is 0.493 e. The van der Waals surface area contributed by atoms with Crippen molar-refractivity contribution in [2.45, 2.75) is 19.9 Å². The monoisotopic (exact) mass is 352 g/mol. The molecule has 1 amide bonds. The summed E-state index contributed by atoms with van der Waals surface area (Å²) in [6.45, 7) is 3.03. The van der Waals surface area contributed by atoms with E-state index in [1.165, 1.54) is 10.2 Å². The molecule has 1 aromatic carbocycles. The molecule has 1 aliphatic heterocycles. The van der Waals surface area contributed by atoms with Crippen LogP contribution in [0.1, 0.15) is 27.2 Å². The molecule has 3 heterocycles. The Labute approximate surface area is 151 Å². The minimum absolute atomic E-state index is 0.0223. The quantitative estimate of drug-likeness (QED) is 0.723. The molecule has 7 heteroatoms. The molecule has 3 aromatic rings. The molecule has 0 radical (unpaired) electrons. The number of benzene rings is 1. The summed E-state index contributed by atoms with van der Waals surface area (Å²) in [6, 6.07) is 7.64. The predicted molar refractivity (Wildman–Crippen MR) is 95.7 cm³/mol. The highest BCUT2D eigenvalue weighted by Crippen LogP contribution is 2.33. The van der Waals surface area contributed by atoms with Gasteiger partial charge in [-0.2, -0.15) is 14.8 Å². The van der Waals surface area contributed by atoms with Gasteiger partial charge in [0.25, 0.3) is 5.91 Å². The van der Waals surface area contributed by atoms with Crippen LogP contribution in [0, 0.1) is 6.92 Å². The topological polar surface area (TPSA) is 69.0 Å². The third-order valence-corrected chi connectivity index (χ3v) is 4.81. The van der Waals surface area contributed by atoms with Crippen LogP contribution in [0.25, 0.3) is 5.52 Å². The van der Waals surface area contributed by atoms with Crippen molar-refractivity contribution in [2.75, 3.05) is 20.8 Å². The average Bonchev–Trinajstić information content (AvgIpc) is 3.01. The molecular formula is C19H20N4O3. The lowest BCUT2D eigenvalue weighted by atomic mass is 9.98. The molecule has 4 rings (SSSR count). The third kappa shape index (κ3) is 2.56. The van der Waals surface area contributed by atoms with Crippen LogP contribution >= 0.6 is 0 Å². The number of hydrogen-bond donors (Lipinski definition) is 0. The maximum absolute atomic E-state index is 13.2. The first-order valence-corrected chi connectivity index (χ1v) is 8.46. The van der Waals surface area contributed by atoms with Crippen molar-refractivity contribution in [2.24, 2.45) is 0 Å². The Hall–Kier alpha value is -3.09. The normalized spacial score (nSPS) is 13.6. The molecular weight excluding hydrogens is 332 g/mol. The molecule has 0 spiro atoms. The standard InChI is InChI=1S/C19H20N4O3/c1-12-18(15-5-4-7-20-23(15)21-12)19(24)22-8-6-13-9-16(25-2)17(26-3)10-14(13)11-22/h4-5,7,9-10H,6,8,11H2,1-3H3. The summed E-state index contributed by atoms with van der Waals surface area (Å²) in [6.07, 6.45) is 2.43. The van der Waals surface area contributed by atoms with Gasteiger partial charge >= 0.3 is 0 Å². The third-order valence-electron chi connectivity index (χ3n) is 4.81. The number of aryl methyl sites for hydroxylation is 1. The number of rotatable bonds is 3. The molecule has 0 unspecified atom stereocenters. The lowest BCUT2D eigenvalue weighted by Gasteiger charge is -2.29. The number of carbonyl (C=O) groups excluding carboxylic acids is 1. The zero-order valence-electron chi connectivity index (χ0n) is 15.0. The van der Waals surface area contributed by atoms with E-state index in [0.29, 0.717) is 30.1 Å². The Morgan fingerprint density at radius 1 is 1.15 bits per heavy atom. The van der Waals surface area contributed by atoms with E-state index in [2.05, 4.69) is 10.2 Å². The lowest BCUT2D eigenvalue weighted by molar-refractivity contribution is 0.0735. The fraction of sp³-hybridized carbons (Fsp3) is 0.316. The van der Waals surface area contributed by atoms with E-state index in [-0.39, 0.29) is 5.91 Å². The molecule has 26 heavy (non-hydrogen) atoms. The number of hydrogen-bond acceptors (Lipinski definition) is 5. The number of ether oxygens (including phenoxy) is 2. The summed E-state index contributed by atoms with van der Waals surface area (Å²) < 4.78 is 12.3. The minimum atomic E-state index is -0.0223. The Balaban J connectivity index is 1.68. The molecule has 7 nitrogen and oxygen atoms in total. The van der Waals surface area contributed by atoms with Crippen molar-refractivity contribution >= 4 is 11.4 Å². The van der Waals surface area contributed by atoms with Crippen LogP contribution in [0.4, 0.5) is 0 Å². The first kappa shape index (κ1) is 16.4. The summed E-state index contributed by atoms with van der Waals surface area (Å²) in [4.78, 5) is 15.0. The predicted octanol–water partition coefficient (Wildman–Crippen LogP) is 2.25. The van der Waals surface area contributed by atoms with Gasteiger partial charge in [0.1, 0.15) is 5.52 Å². The van der Waals surface area contributed by atoms with Gasteiger partial charge in [0.2, 0.25) is 0 Å². The molecule has 2 aromatic heterocycles. The van der Waals surface area contributed by atoms with Crippen LogP contribution in [0.5, 0.6) is 11.5 Å². The van der Waals surface area contributed by atoms with Gasteiger partial charge in [0.05, 0.1) is 25.5 Å². The van der Waals surface area contributed by atoms with Crippen LogP contribution in [0.2, 0.25) is 0 Å². The smallest absolute Gasteiger partial charge is 0.258 e. The molecule has 134 valence electrons. The van der Waals surface area contributed by atoms with Crippen LogP contribution < -0.4 is 9.47 Å². The minimum Gasteiger partial charge on any atom is -0.493 e. The Morgan fingerprint density at radius 2 is 1.88 bits per heavy atom. The SMILES string of the molecule is COc1cc2c(cc1OC)CN(C(=O)c1c(C)nn3ncccc13)CC2. The van der Waals surface area contributed by atoms with Crippen molar-refractivity contribution in [1.29, 1.82) is 0 Å². The summed E-state index contributed by atoms with van der Waals surface area (Å²) in [7, 11) is 3.25. The molecule has 0 aliphatic carbocycles. The highest BCUT2D eigenvalue weighted by molar-refractivity contribution is 6.02. The lowest BCUT2D eigenvalue weighted by Crippen LogP contribution is -2.36. The number of carbonyl (C=O) groups is 1. The van der Waals surface area contributed by atoms with Crippen LogP contribution in [0.3, 0.4) is 0 Å². The molecule has 0 bridgehead atoms. The van der Waals surface area contributed by atoms with Gasteiger partial charge in [0, 0.05) is 19.3 Å². The van der Waals surface area contributed by atoms with Gasteiger partial charge in [-0.25, -0.2) is 0 Å². The van der Waals surface area contributed by atoms with Gasteiger partial charge in [-0.15, -0.1) is 0 Å². The molecule has 0 fully saturated rings. The van der Waals surface area contributed by atoms with Crippen molar-refractivity contribution in [3.63, 3.8) is 0 Å². The second kappa shape index (κ2) is 6.33. The molecule has 0 saturated carbocycles. The van der Waals surface area contributed by atoms with Gasteiger partial charge in [-0.1, -0.05) is 0 Å². The summed E-state index contributed by atoms with van der Waals surface area (Å²) in [5.41, 5.74) is 4.29. The average molecular weight is 352 g/mol. The Bertz CT molecular complexity index is 996. The maximum atomic E-state index is 13.2. The van der Waals surface area contributed by atoms with Crippen LogP contribution in [-0.4, -0.2) is 46.4 Å². The van der Waals surface area contributed by atoms with Gasteiger partial charge in [0.15, 0.2) is 11.5 Å². The fourth-order valence-corrected chi connectivity index (χ4v) is 3.48. The van der Waals surface area contributed by atoms with Crippen molar-refractivity contribution in [1.82, 2.24) is 19.7 Å². The highest BCUT2D eigenvalue weighted by Gasteiger charge is 2.27. The van der Waals surface area contributed by atoms with Crippen molar-refractivity contribution < 1.29 is 14.3 Å². The molecule has 1 aliphatic rings. The molecule has 0 saturated heterocycles. The number of aromatic nitrogens is 3. The van der Waals surface area contributed by atoms with Gasteiger partial charge in [-0.3, -0.25) is 4.79 Å². The first-order valence-electron chi connectivity index (χ1n) is 8.46. The first-order chi connectivity index (χ1) is 12.6. The van der Waals surface area contributed by atoms with E-state index in [9.17, 15) is 4.79 Å². The van der Waals surface area contributed by atoms with E-state index < -0.39 is 0 Å². The summed E-state index contributed by atoms with van der Waals surface area (Å²) in [5.74, 6) is 1.37. The van der Waals surface area contributed by atoms with E-state index in [0.717, 1.165) is 23.3 Å². The zero-order chi connectivity index (χ0) is 18.3. The number of fused-ring (bicyclic) bond motifs is 2. The van der Waals surface area contributed by atoms with Crippen molar-refractivity contribution in [3.8, 4) is 11.5 Å². The van der Waals surface area contributed by atoms with E-state index >= 15 is 0 Å². The number of nitrogens with zero attached hydrogens (tertiary/aromatic N) is 4. The highest BCUT2D eigenvalue weighted by atomic mass is 16.5. The Kier molecular flexibility index (Phi) is 3.99. The van der Waals surface area contributed by atoms with E-state index in [4.69, 9.17) is 9.47 Å².